The number of aromatic nitrogens is 3. The van der Waals surface area contributed by atoms with Crippen LogP contribution in [0.15, 0.2) is 71.7 Å². The molecule has 1 fully saturated rings. The second-order valence-corrected chi connectivity index (χ2v) is 9.87. The van der Waals surface area contributed by atoms with Crippen LogP contribution in [-0.4, -0.2) is 58.1 Å². The highest BCUT2D eigenvalue weighted by atomic mass is 16.5. The molecule has 0 unspecified atom stereocenters. The van der Waals surface area contributed by atoms with E-state index in [0.29, 0.717) is 29.8 Å². The molecule has 0 saturated carbocycles. The SMILES string of the molecule is COc1ccc(-c2cn[nH]c2-c2ccc(OCCN3C[C@@H]4C[C@@H](C3)c3cccc(=O)n3C4)cc2O)cc1. The van der Waals surface area contributed by atoms with Crippen LogP contribution in [0.3, 0.4) is 0 Å². The summed E-state index contributed by atoms with van der Waals surface area (Å²) in [7, 11) is 1.64. The van der Waals surface area contributed by atoms with Crippen LogP contribution in [0.1, 0.15) is 18.0 Å². The van der Waals surface area contributed by atoms with Crippen LogP contribution in [0, 0.1) is 5.92 Å². The number of phenols is 1. The van der Waals surface area contributed by atoms with Crippen molar-refractivity contribution in [3.05, 3.63) is 82.9 Å². The quantitative estimate of drug-likeness (QED) is 0.398. The van der Waals surface area contributed by atoms with E-state index in [1.165, 1.54) is 0 Å². The third-order valence-corrected chi connectivity index (χ3v) is 7.51. The van der Waals surface area contributed by atoms with Gasteiger partial charge in [0.15, 0.2) is 0 Å². The second-order valence-electron chi connectivity index (χ2n) is 9.87. The van der Waals surface area contributed by atoms with Gasteiger partial charge in [-0.3, -0.25) is 14.8 Å². The lowest BCUT2D eigenvalue weighted by molar-refractivity contribution is 0.104. The minimum absolute atomic E-state index is 0.110. The van der Waals surface area contributed by atoms with Gasteiger partial charge in [0.25, 0.3) is 5.56 Å². The third kappa shape index (κ3) is 4.60. The molecule has 4 heterocycles. The first-order chi connectivity index (χ1) is 18.1. The molecular formula is C29H30N4O4. The summed E-state index contributed by atoms with van der Waals surface area (Å²) in [6, 6.07) is 18.7. The summed E-state index contributed by atoms with van der Waals surface area (Å²) >= 11 is 0. The first-order valence-electron chi connectivity index (χ1n) is 12.6. The fourth-order valence-electron chi connectivity index (χ4n) is 5.76. The average molecular weight is 499 g/mol. The Morgan fingerprint density at radius 1 is 1.03 bits per heavy atom. The lowest BCUT2D eigenvalue weighted by atomic mass is 9.83. The fraction of sp³-hybridized carbons (Fsp3) is 0.310. The molecule has 2 aliphatic rings. The van der Waals surface area contributed by atoms with Crippen LogP contribution < -0.4 is 15.0 Å². The molecule has 2 N–H and O–H groups in total. The highest BCUT2D eigenvalue weighted by molar-refractivity contribution is 5.83. The van der Waals surface area contributed by atoms with Gasteiger partial charge in [-0.15, -0.1) is 0 Å². The normalized spacial score (nSPS) is 18.8. The maximum absolute atomic E-state index is 12.2. The molecule has 0 spiro atoms. The predicted octanol–water partition coefficient (Wildman–Crippen LogP) is 4.12. The summed E-state index contributed by atoms with van der Waals surface area (Å²) in [4.78, 5) is 14.7. The Kier molecular flexibility index (Phi) is 6.18. The van der Waals surface area contributed by atoms with Gasteiger partial charge in [-0.05, 0) is 48.2 Å². The summed E-state index contributed by atoms with van der Waals surface area (Å²) in [5, 5.41) is 18.0. The highest BCUT2D eigenvalue weighted by Crippen LogP contribution is 2.38. The van der Waals surface area contributed by atoms with Crippen LogP contribution >= 0.6 is 0 Å². The van der Waals surface area contributed by atoms with Crippen molar-refractivity contribution in [1.29, 1.82) is 0 Å². The predicted molar refractivity (Wildman–Crippen MR) is 141 cm³/mol. The summed E-state index contributed by atoms with van der Waals surface area (Å²) in [5.41, 5.74) is 4.54. The van der Waals surface area contributed by atoms with E-state index in [-0.39, 0.29) is 11.3 Å². The van der Waals surface area contributed by atoms with Crippen molar-refractivity contribution >= 4 is 0 Å². The number of phenolic OH excluding ortho intramolecular Hbond substituents is 1. The number of nitrogens with zero attached hydrogens (tertiary/aromatic N) is 3. The van der Waals surface area contributed by atoms with Crippen molar-refractivity contribution in [2.24, 2.45) is 5.92 Å². The number of fused-ring (bicyclic) bond motifs is 4. The smallest absolute Gasteiger partial charge is 0.250 e. The molecule has 2 aromatic carbocycles. The highest BCUT2D eigenvalue weighted by Gasteiger charge is 2.34. The molecule has 4 aromatic rings. The number of likely N-dealkylation sites (tertiary alicyclic amines) is 1. The van der Waals surface area contributed by atoms with Gasteiger partial charge in [-0.25, -0.2) is 0 Å². The Hall–Kier alpha value is -4.04. The van der Waals surface area contributed by atoms with E-state index in [1.807, 2.05) is 47.0 Å². The number of benzene rings is 2. The molecule has 8 nitrogen and oxygen atoms in total. The van der Waals surface area contributed by atoms with Crippen molar-refractivity contribution in [2.45, 2.75) is 18.9 Å². The van der Waals surface area contributed by atoms with E-state index in [0.717, 1.165) is 60.9 Å². The van der Waals surface area contributed by atoms with Gasteiger partial charge in [-0.2, -0.15) is 5.10 Å². The summed E-state index contributed by atoms with van der Waals surface area (Å²) in [5.74, 6) is 2.42. The second kappa shape index (κ2) is 9.78. The van der Waals surface area contributed by atoms with E-state index in [2.05, 4.69) is 21.2 Å². The Labute approximate surface area is 215 Å². The van der Waals surface area contributed by atoms with E-state index in [1.54, 1.807) is 25.4 Å². The van der Waals surface area contributed by atoms with Crippen molar-refractivity contribution in [3.63, 3.8) is 0 Å². The molecule has 2 bridgehead atoms. The van der Waals surface area contributed by atoms with E-state index in [9.17, 15) is 9.90 Å². The van der Waals surface area contributed by atoms with Crippen molar-refractivity contribution in [1.82, 2.24) is 19.7 Å². The van der Waals surface area contributed by atoms with Gasteiger partial charge in [0, 0.05) is 61.1 Å². The fourth-order valence-corrected chi connectivity index (χ4v) is 5.76. The molecule has 6 rings (SSSR count). The number of aromatic amines is 1. The number of methoxy groups -OCH3 is 1. The molecule has 37 heavy (non-hydrogen) atoms. The first-order valence-corrected chi connectivity index (χ1v) is 12.6. The third-order valence-electron chi connectivity index (χ3n) is 7.51. The van der Waals surface area contributed by atoms with Gasteiger partial charge in [-0.1, -0.05) is 18.2 Å². The van der Waals surface area contributed by atoms with Gasteiger partial charge < -0.3 is 19.1 Å². The summed E-state index contributed by atoms with van der Waals surface area (Å²) in [6.07, 6.45) is 2.89. The molecule has 2 aliphatic heterocycles. The number of rotatable bonds is 7. The number of aromatic hydroxyl groups is 1. The minimum Gasteiger partial charge on any atom is -0.507 e. The zero-order valence-corrected chi connectivity index (χ0v) is 20.8. The topological polar surface area (TPSA) is 92.6 Å². The standard InChI is InChI=1S/C29H30N4O4/c1-36-22-7-5-20(6-8-22)25-15-30-31-29(25)24-10-9-23(14-27(24)34)37-12-11-32-16-19-13-21(18-32)26-3-2-4-28(35)33(26)17-19/h2-10,14-15,19,21,34H,11-13,16-18H2,1H3,(H,30,31)/t19-,21-/m0/s1. The summed E-state index contributed by atoms with van der Waals surface area (Å²) < 4.78 is 13.2. The van der Waals surface area contributed by atoms with Gasteiger partial charge in [0.05, 0.1) is 19.0 Å². The van der Waals surface area contributed by atoms with Gasteiger partial charge in [0.2, 0.25) is 0 Å². The van der Waals surface area contributed by atoms with Crippen LogP contribution in [-0.2, 0) is 6.54 Å². The molecule has 2 aromatic heterocycles. The number of ether oxygens (including phenoxy) is 2. The number of piperidine rings is 1. The molecule has 0 aliphatic carbocycles. The lowest BCUT2D eigenvalue weighted by Gasteiger charge is -2.42. The van der Waals surface area contributed by atoms with Gasteiger partial charge >= 0.3 is 0 Å². The molecular weight excluding hydrogens is 468 g/mol. The average Bonchev–Trinajstić information content (AvgIpc) is 3.39. The molecule has 8 heteroatoms. The Morgan fingerprint density at radius 2 is 1.86 bits per heavy atom. The van der Waals surface area contributed by atoms with Crippen LogP contribution in [0.4, 0.5) is 0 Å². The number of pyridine rings is 1. The molecule has 0 amide bonds. The van der Waals surface area contributed by atoms with Crippen molar-refractivity contribution < 1.29 is 14.6 Å². The Balaban J connectivity index is 1.10. The maximum Gasteiger partial charge on any atom is 0.250 e. The monoisotopic (exact) mass is 498 g/mol. The lowest BCUT2D eigenvalue weighted by Crippen LogP contribution is -2.48. The molecule has 2 atom stereocenters. The van der Waals surface area contributed by atoms with E-state index < -0.39 is 0 Å². The van der Waals surface area contributed by atoms with Crippen LogP contribution in [0.5, 0.6) is 17.2 Å². The van der Waals surface area contributed by atoms with E-state index in [4.69, 9.17) is 9.47 Å². The maximum atomic E-state index is 12.2. The number of H-pyrrole nitrogens is 1. The van der Waals surface area contributed by atoms with Crippen molar-refractivity contribution in [2.75, 3.05) is 33.4 Å². The Morgan fingerprint density at radius 3 is 2.68 bits per heavy atom. The zero-order chi connectivity index (χ0) is 25.4. The Bertz CT molecular complexity index is 1460. The van der Waals surface area contributed by atoms with E-state index >= 15 is 0 Å². The molecule has 190 valence electrons. The first kappa shape index (κ1) is 23.4. The summed E-state index contributed by atoms with van der Waals surface area (Å²) in [6.45, 7) is 4.03. The number of nitrogens with one attached hydrogen (secondary N) is 1. The molecule has 0 radical (unpaired) electrons. The van der Waals surface area contributed by atoms with Crippen molar-refractivity contribution in [3.8, 4) is 39.6 Å². The van der Waals surface area contributed by atoms with Crippen LogP contribution in [0.25, 0.3) is 22.4 Å². The number of hydrogen-bond donors (Lipinski definition) is 2. The largest absolute Gasteiger partial charge is 0.507 e. The molecule has 1 saturated heterocycles. The van der Waals surface area contributed by atoms with Gasteiger partial charge in [0.1, 0.15) is 23.9 Å². The minimum atomic E-state index is 0.110. The van der Waals surface area contributed by atoms with Crippen LogP contribution in [0.2, 0.25) is 0 Å². The number of hydrogen-bond acceptors (Lipinski definition) is 6. The zero-order valence-electron chi connectivity index (χ0n) is 20.8.